The molecule has 4 aromatic rings. The lowest BCUT2D eigenvalue weighted by atomic mass is 9.95. The van der Waals surface area contributed by atoms with Crippen LogP contribution in [-0.4, -0.2) is 16.7 Å². The quantitative estimate of drug-likeness (QED) is 0.293. The van der Waals surface area contributed by atoms with E-state index in [0.717, 1.165) is 27.3 Å². The Hall–Kier alpha value is -2.44. The molecule has 4 rings (SSSR count). The van der Waals surface area contributed by atoms with E-state index in [9.17, 15) is 4.79 Å². The molecule has 0 bridgehead atoms. The summed E-state index contributed by atoms with van der Waals surface area (Å²) in [6.07, 6.45) is 0.955. The molecule has 1 unspecified atom stereocenters. The Morgan fingerprint density at radius 3 is 2.47 bits per heavy atom. The minimum absolute atomic E-state index is 0.165. The largest absolute Gasteiger partial charge is 0.368 e. The maximum atomic E-state index is 11.9. The Labute approximate surface area is 192 Å². The Balaban J connectivity index is 1.42. The van der Waals surface area contributed by atoms with Crippen LogP contribution in [0.3, 0.4) is 0 Å². The smallest absolute Gasteiger partial charge is 0.272 e. The molecule has 0 saturated heterocycles. The van der Waals surface area contributed by atoms with E-state index in [4.69, 9.17) is 0 Å². The van der Waals surface area contributed by atoms with Crippen molar-refractivity contribution in [1.82, 2.24) is 10.2 Å². The highest BCUT2D eigenvalue weighted by molar-refractivity contribution is 9.11. The summed E-state index contributed by atoms with van der Waals surface area (Å²) >= 11 is 7.14. The maximum absolute atomic E-state index is 11.9. The number of nitrogens with one attached hydrogen (secondary N) is 2. The Morgan fingerprint density at radius 1 is 1.00 bits per heavy atom. The van der Waals surface area contributed by atoms with Crippen LogP contribution in [0.25, 0.3) is 21.9 Å². The summed E-state index contributed by atoms with van der Waals surface area (Å²) < 4.78 is 2.13. The van der Waals surface area contributed by atoms with Crippen LogP contribution < -0.4 is 10.9 Å². The fourth-order valence-electron chi connectivity index (χ4n) is 3.54. The molecular formula is C24H21Br2N3O. The summed E-state index contributed by atoms with van der Waals surface area (Å²) in [7, 11) is 0. The lowest BCUT2D eigenvalue weighted by molar-refractivity contribution is 0.704. The van der Waals surface area contributed by atoms with Gasteiger partial charge in [0.15, 0.2) is 5.82 Å². The average molecular weight is 527 g/mol. The molecule has 0 radical (unpaired) electrons. The minimum atomic E-state index is -0.165. The standard InChI is InChI=1S/C24H21Br2N3O/c1-15(12-13-27-23-20-4-2-3-5-21(20)24(30)29-28-23)16-6-8-17(9-7-16)19-11-10-18(25)14-22(19)26/h2-11,14-15H,12-13H2,1H3,(H,27,28)(H,29,30). The van der Waals surface area contributed by atoms with Crippen molar-refractivity contribution in [3.8, 4) is 11.1 Å². The van der Waals surface area contributed by atoms with Gasteiger partial charge in [-0.05, 0) is 47.2 Å². The van der Waals surface area contributed by atoms with Gasteiger partial charge in [-0.2, -0.15) is 5.10 Å². The summed E-state index contributed by atoms with van der Waals surface area (Å²) in [5.41, 5.74) is 3.50. The van der Waals surface area contributed by atoms with E-state index in [1.54, 1.807) is 0 Å². The Kier molecular flexibility index (Phi) is 6.35. The second kappa shape index (κ2) is 9.14. The van der Waals surface area contributed by atoms with Gasteiger partial charge in [0, 0.05) is 20.9 Å². The predicted octanol–water partition coefficient (Wildman–Crippen LogP) is 6.72. The highest BCUT2D eigenvalue weighted by Gasteiger charge is 2.10. The molecule has 6 heteroatoms. The monoisotopic (exact) mass is 525 g/mol. The van der Waals surface area contributed by atoms with Crippen molar-refractivity contribution in [2.24, 2.45) is 0 Å². The van der Waals surface area contributed by atoms with Crippen molar-refractivity contribution in [3.05, 3.63) is 91.6 Å². The second-order valence-corrected chi connectivity index (χ2v) is 9.08. The first-order chi connectivity index (χ1) is 14.5. The number of hydrogen-bond donors (Lipinski definition) is 2. The predicted molar refractivity (Wildman–Crippen MR) is 131 cm³/mol. The van der Waals surface area contributed by atoms with Gasteiger partial charge >= 0.3 is 0 Å². The first-order valence-corrected chi connectivity index (χ1v) is 11.4. The zero-order chi connectivity index (χ0) is 21.1. The molecule has 0 aliphatic rings. The molecule has 0 amide bonds. The lowest BCUT2D eigenvalue weighted by Gasteiger charge is -2.14. The van der Waals surface area contributed by atoms with Crippen molar-refractivity contribution in [2.75, 3.05) is 11.9 Å². The number of benzene rings is 3. The van der Waals surface area contributed by atoms with E-state index in [-0.39, 0.29) is 5.56 Å². The zero-order valence-electron chi connectivity index (χ0n) is 16.5. The SMILES string of the molecule is CC(CCNc1n[nH]c(=O)c2ccccc12)c1ccc(-c2ccc(Br)cc2Br)cc1. The van der Waals surface area contributed by atoms with Crippen LogP contribution in [0.2, 0.25) is 0 Å². The topological polar surface area (TPSA) is 57.8 Å². The van der Waals surface area contributed by atoms with E-state index in [2.05, 4.69) is 96.8 Å². The minimum Gasteiger partial charge on any atom is -0.368 e. The fraction of sp³-hybridized carbons (Fsp3) is 0.167. The van der Waals surface area contributed by atoms with Crippen LogP contribution >= 0.6 is 31.9 Å². The maximum Gasteiger partial charge on any atom is 0.272 e. The number of hydrogen-bond acceptors (Lipinski definition) is 3. The Morgan fingerprint density at radius 2 is 1.73 bits per heavy atom. The first-order valence-electron chi connectivity index (χ1n) is 9.79. The molecule has 0 spiro atoms. The van der Waals surface area contributed by atoms with E-state index in [0.29, 0.717) is 17.1 Å². The van der Waals surface area contributed by atoms with Crippen LogP contribution in [0.4, 0.5) is 5.82 Å². The molecule has 4 nitrogen and oxygen atoms in total. The van der Waals surface area contributed by atoms with Crippen molar-refractivity contribution in [3.63, 3.8) is 0 Å². The molecule has 2 N–H and O–H groups in total. The third-order valence-corrected chi connectivity index (χ3v) is 6.44. The van der Waals surface area contributed by atoms with Gasteiger partial charge in [-0.15, -0.1) is 0 Å². The van der Waals surface area contributed by atoms with Crippen LogP contribution in [0, 0.1) is 0 Å². The molecule has 0 aliphatic carbocycles. The van der Waals surface area contributed by atoms with Gasteiger partial charge in [0.1, 0.15) is 0 Å². The van der Waals surface area contributed by atoms with Crippen LogP contribution in [0.15, 0.2) is 80.5 Å². The highest BCUT2D eigenvalue weighted by atomic mass is 79.9. The van der Waals surface area contributed by atoms with Gasteiger partial charge in [0.25, 0.3) is 5.56 Å². The van der Waals surface area contributed by atoms with Crippen LogP contribution in [-0.2, 0) is 0 Å². The van der Waals surface area contributed by atoms with Crippen LogP contribution in [0.1, 0.15) is 24.8 Å². The third kappa shape index (κ3) is 4.50. The summed E-state index contributed by atoms with van der Waals surface area (Å²) in [6.45, 7) is 2.99. The second-order valence-electron chi connectivity index (χ2n) is 7.31. The molecule has 152 valence electrons. The van der Waals surface area contributed by atoms with E-state index < -0.39 is 0 Å². The number of aromatic amines is 1. The van der Waals surface area contributed by atoms with Crippen molar-refractivity contribution < 1.29 is 0 Å². The number of halogens is 2. The first kappa shape index (κ1) is 20.8. The number of H-pyrrole nitrogens is 1. The fourth-order valence-corrected chi connectivity index (χ4v) is 4.81. The summed E-state index contributed by atoms with van der Waals surface area (Å²) in [4.78, 5) is 11.9. The van der Waals surface area contributed by atoms with Gasteiger partial charge in [-0.1, -0.05) is 87.3 Å². The van der Waals surface area contributed by atoms with Gasteiger partial charge < -0.3 is 5.32 Å². The van der Waals surface area contributed by atoms with E-state index in [1.165, 1.54) is 16.7 Å². The number of rotatable bonds is 6. The van der Waals surface area contributed by atoms with Gasteiger partial charge in [0.05, 0.1) is 5.39 Å². The molecule has 1 aromatic heterocycles. The molecule has 0 aliphatic heterocycles. The van der Waals surface area contributed by atoms with E-state index >= 15 is 0 Å². The number of aromatic nitrogens is 2. The molecule has 30 heavy (non-hydrogen) atoms. The summed E-state index contributed by atoms with van der Waals surface area (Å²) in [6, 6.07) is 22.5. The average Bonchev–Trinajstić information content (AvgIpc) is 2.76. The molecule has 0 fully saturated rings. The number of nitrogens with zero attached hydrogens (tertiary/aromatic N) is 1. The van der Waals surface area contributed by atoms with Crippen molar-refractivity contribution in [1.29, 1.82) is 0 Å². The van der Waals surface area contributed by atoms with Gasteiger partial charge in [-0.3, -0.25) is 4.79 Å². The highest BCUT2D eigenvalue weighted by Crippen LogP contribution is 2.32. The zero-order valence-corrected chi connectivity index (χ0v) is 19.6. The Bertz CT molecular complexity index is 1240. The van der Waals surface area contributed by atoms with Crippen molar-refractivity contribution >= 4 is 48.5 Å². The molecule has 3 aromatic carbocycles. The molecule has 0 saturated carbocycles. The molecule has 1 heterocycles. The van der Waals surface area contributed by atoms with Gasteiger partial charge in [-0.25, -0.2) is 5.10 Å². The number of anilines is 1. The molecule has 1 atom stereocenters. The number of fused-ring (bicyclic) bond motifs is 1. The summed E-state index contributed by atoms with van der Waals surface area (Å²) in [5.74, 6) is 1.11. The molecular weight excluding hydrogens is 506 g/mol. The van der Waals surface area contributed by atoms with Gasteiger partial charge in [0.2, 0.25) is 0 Å². The normalized spacial score (nSPS) is 12.1. The third-order valence-electron chi connectivity index (χ3n) is 5.29. The van der Waals surface area contributed by atoms with E-state index in [1.807, 2.05) is 24.3 Å². The summed E-state index contributed by atoms with van der Waals surface area (Å²) in [5, 5.41) is 11.6. The van der Waals surface area contributed by atoms with Crippen molar-refractivity contribution in [2.45, 2.75) is 19.3 Å². The van der Waals surface area contributed by atoms with Crippen LogP contribution in [0.5, 0.6) is 0 Å². The lowest BCUT2D eigenvalue weighted by Crippen LogP contribution is -2.13.